The standard InChI is InChI=1S/C18H22N4S/c1-6-8-9-15-21-16(14(5)23-13(4)12(3)7-2)17-18(19)20-10-11-22(15)17/h2,10-11H,5-6,8-9H2,1,3-4H3,(H2,19,20)/b13-12+. The van der Waals surface area contributed by atoms with Crippen LogP contribution in [0.4, 0.5) is 5.82 Å². The van der Waals surface area contributed by atoms with Gasteiger partial charge < -0.3 is 5.73 Å². The molecule has 0 saturated carbocycles. The van der Waals surface area contributed by atoms with E-state index in [9.17, 15) is 0 Å². The Morgan fingerprint density at radius 2 is 2.22 bits per heavy atom. The van der Waals surface area contributed by atoms with Gasteiger partial charge in [-0.05, 0) is 25.2 Å². The molecule has 4 nitrogen and oxygen atoms in total. The smallest absolute Gasteiger partial charge is 0.150 e. The number of nitrogens with two attached hydrogens (primary N) is 1. The number of aromatic nitrogens is 3. The fourth-order valence-corrected chi connectivity index (χ4v) is 3.06. The van der Waals surface area contributed by atoms with Gasteiger partial charge in [0.15, 0.2) is 0 Å². The third kappa shape index (κ3) is 3.59. The molecule has 5 heteroatoms. The molecule has 2 rings (SSSR count). The van der Waals surface area contributed by atoms with Gasteiger partial charge in [0.05, 0.1) is 0 Å². The van der Waals surface area contributed by atoms with Gasteiger partial charge in [0, 0.05) is 29.3 Å². The Bertz CT molecular complexity index is 808. The Hall–Kier alpha value is -2.19. The maximum Gasteiger partial charge on any atom is 0.150 e. The van der Waals surface area contributed by atoms with Crippen LogP contribution in [0.2, 0.25) is 0 Å². The van der Waals surface area contributed by atoms with Crippen molar-refractivity contribution in [1.82, 2.24) is 14.4 Å². The molecule has 0 saturated heterocycles. The van der Waals surface area contributed by atoms with Crippen molar-refractivity contribution < 1.29 is 0 Å². The first kappa shape index (κ1) is 17.2. The second-order valence-electron chi connectivity index (χ2n) is 5.36. The number of aryl methyl sites for hydroxylation is 1. The number of nitrogen functional groups attached to an aromatic ring is 1. The molecule has 0 atom stereocenters. The van der Waals surface area contributed by atoms with Crippen molar-refractivity contribution in [3.8, 4) is 12.3 Å². The quantitative estimate of drug-likeness (QED) is 0.805. The van der Waals surface area contributed by atoms with E-state index in [0.717, 1.165) is 51.7 Å². The fraction of sp³-hybridized carbons (Fsp3) is 0.333. The lowest BCUT2D eigenvalue weighted by Crippen LogP contribution is -1.98. The van der Waals surface area contributed by atoms with E-state index in [2.05, 4.69) is 24.4 Å². The third-order valence-corrected chi connectivity index (χ3v) is 4.75. The van der Waals surface area contributed by atoms with E-state index in [1.54, 1.807) is 6.20 Å². The van der Waals surface area contributed by atoms with Crippen LogP contribution in [-0.4, -0.2) is 14.4 Å². The van der Waals surface area contributed by atoms with Crippen molar-refractivity contribution in [3.05, 3.63) is 41.0 Å². The maximum atomic E-state index is 6.09. The summed E-state index contributed by atoms with van der Waals surface area (Å²) in [5.41, 5.74) is 8.60. The molecule has 0 unspecified atom stereocenters. The van der Waals surface area contributed by atoms with Crippen LogP contribution >= 0.6 is 11.8 Å². The lowest BCUT2D eigenvalue weighted by molar-refractivity contribution is 0.749. The summed E-state index contributed by atoms with van der Waals surface area (Å²) < 4.78 is 2.02. The zero-order valence-electron chi connectivity index (χ0n) is 13.9. The van der Waals surface area contributed by atoms with Gasteiger partial charge in [-0.15, -0.1) is 6.42 Å². The number of thioether (sulfide) groups is 1. The number of rotatable bonds is 6. The van der Waals surface area contributed by atoms with Gasteiger partial charge in [-0.3, -0.25) is 4.40 Å². The Balaban J connectivity index is 2.48. The Kier molecular flexibility index (Phi) is 5.51. The molecule has 2 aromatic heterocycles. The van der Waals surface area contributed by atoms with E-state index >= 15 is 0 Å². The highest BCUT2D eigenvalue weighted by molar-refractivity contribution is 8.11. The monoisotopic (exact) mass is 326 g/mol. The number of fused-ring (bicyclic) bond motifs is 1. The highest BCUT2D eigenvalue weighted by Crippen LogP contribution is 2.36. The number of unbranched alkanes of at least 4 members (excludes halogenated alkanes) is 1. The summed E-state index contributed by atoms with van der Waals surface area (Å²) in [5.74, 6) is 4.11. The SMILES string of the molecule is C#C/C(C)=C(\C)SC(=C)c1nc(CCCC)n2ccnc(N)c12. The van der Waals surface area contributed by atoms with Crippen LogP contribution in [0.25, 0.3) is 10.4 Å². The van der Waals surface area contributed by atoms with E-state index in [0.29, 0.717) is 5.82 Å². The highest BCUT2D eigenvalue weighted by Gasteiger charge is 2.17. The number of anilines is 1. The van der Waals surface area contributed by atoms with Gasteiger partial charge in [0.2, 0.25) is 0 Å². The molecule has 2 N–H and O–H groups in total. The predicted molar refractivity (Wildman–Crippen MR) is 99.8 cm³/mol. The summed E-state index contributed by atoms with van der Waals surface area (Å²) in [4.78, 5) is 10.8. The summed E-state index contributed by atoms with van der Waals surface area (Å²) >= 11 is 1.53. The van der Waals surface area contributed by atoms with Crippen LogP contribution < -0.4 is 5.73 Å². The molecular weight excluding hydrogens is 304 g/mol. The lowest BCUT2D eigenvalue weighted by Gasteiger charge is -2.06. The summed E-state index contributed by atoms with van der Waals surface area (Å²) in [6, 6.07) is 0. The van der Waals surface area contributed by atoms with Crippen molar-refractivity contribution in [1.29, 1.82) is 0 Å². The van der Waals surface area contributed by atoms with Crippen LogP contribution in [0, 0.1) is 12.3 Å². The number of terminal acetylenes is 1. The van der Waals surface area contributed by atoms with Crippen LogP contribution in [0.15, 0.2) is 29.5 Å². The number of nitrogens with zero attached hydrogens (tertiary/aromatic N) is 3. The first-order valence-corrected chi connectivity index (χ1v) is 8.43. The molecular formula is C18H22N4S. The summed E-state index contributed by atoms with van der Waals surface area (Å²) in [5, 5.41) is 0. The van der Waals surface area contributed by atoms with Crippen molar-refractivity contribution in [3.63, 3.8) is 0 Å². The largest absolute Gasteiger partial charge is 0.382 e. The summed E-state index contributed by atoms with van der Waals surface area (Å²) in [7, 11) is 0. The Labute approximate surface area is 141 Å². The molecule has 2 heterocycles. The van der Waals surface area contributed by atoms with Gasteiger partial charge in [0.1, 0.15) is 22.9 Å². The van der Waals surface area contributed by atoms with E-state index in [1.807, 2.05) is 24.4 Å². The minimum atomic E-state index is 0.467. The fourth-order valence-electron chi connectivity index (χ4n) is 2.24. The Morgan fingerprint density at radius 3 is 2.87 bits per heavy atom. The number of hydrogen-bond donors (Lipinski definition) is 1. The molecule has 23 heavy (non-hydrogen) atoms. The highest BCUT2D eigenvalue weighted by atomic mass is 32.2. The van der Waals surface area contributed by atoms with Crippen LogP contribution in [0.1, 0.15) is 45.1 Å². The molecule has 0 fully saturated rings. The molecule has 0 aliphatic heterocycles. The van der Waals surface area contributed by atoms with E-state index in [1.165, 1.54) is 11.8 Å². The lowest BCUT2D eigenvalue weighted by atomic mass is 10.2. The maximum absolute atomic E-state index is 6.09. The molecule has 0 aliphatic rings. The van der Waals surface area contributed by atoms with Crippen LogP contribution in [-0.2, 0) is 6.42 Å². The van der Waals surface area contributed by atoms with Crippen LogP contribution in [0.3, 0.4) is 0 Å². The number of imidazole rings is 1. The number of allylic oxidation sites excluding steroid dienone is 2. The molecule has 0 aliphatic carbocycles. The number of hydrogen-bond acceptors (Lipinski definition) is 4. The molecule has 0 radical (unpaired) electrons. The first-order chi connectivity index (χ1) is 11.0. The molecule has 0 aromatic carbocycles. The molecule has 0 spiro atoms. The van der Waals surface area contributed by atoms with Gasteiger partial charge >= 0.3 is 0 Å². The van der Waals surface area contributed by atoms with Crippen LogP contribution in [0.5, 0.6) is 0 Å². The molecule has 0 amide bonds. The van der Waals surface area contributed by atoms with Gasteiger partial charge in [-0.2, -0.15) is 0 Å². The van der Waals surface area contributed by atoms with E-state index in [4.69, 9.17) is 17.1 Å². The van der Waals surface area contributed by atoms with Crippen molar-refractivity contribution >= 4 is 28.0 Å². The summed E-state index contributed by atoms with van der Waals surface area (Å²) in [6.07, 6.45) is 12.2. The Morgan fingerprint density at radius 1 is 1.48 bits per heavy atom. The predicted octanol–water partition coefficient (Wildman–Crippen LogP) is 4.29. The van der Waals surface area contributed by atoms with E-state index in [-0.39, 0.29) is 0 Å². The summed E-state index contributed by atoms with van der Waals surface area (Å²) in [6.45, 7) is 10.2. The second kappa shape index (κ2) is 7.38. The van der Waals surface area contributed by atoms with Gasteiger partial charge in [-0.25, -0.2) is 9.97 Å². The normalized spacial score (nSPS) is 12.1. The first-order valence-electron chi connectivity index (χ1n) is 7.62. The van der Waals surface area contributed by atoms with E-state index < -0.39 is 0 Å². The minimum absolute atomic E-state index is 0.467. The average Bonchev–Trinajstić information content (AvgIpc) is 2.92. The second-order valence-corrected chi connectivity index (χ2v) is 6.67. The third-order valence-electron chi connectivity index (χ3n) is 3.70. The zero-order chi connectivity index (χ0) is 17.0. The molecule has 0 bridgehead atoms. The van der Waals surface area contributed by atoms with Crippen molar-refractivity contribution in [2.45, 2.75) is 40.0 Å². The van der Waals surface area contributed by atoms with Gasteiger partial charge in [0.25, 0.3) is 0 Å². The van der Waals surface area contributed by atoms with Gasteiger partial charge in [-0.1, -0.05) is 37.6 Å². The topological polar surface area (TPSA) is 56.2 Å². The average molecular weight is 326 g/mol. The minimum Gasteiger partial charge on any atom is -0.382 e. The van der Waals surface area contributed by atoms with Crippen molar-refractivity contribution in [2.24, 2.45) is 0 Å². The molecule has 120 valence electrons. The molecule has 2 aromatic rings. The van der Waals surface area contributed by atoms with Crippen molar-refractivity contribution in [2.75, 3.05) is 5.73 Å². The zero-order valence-corrected chi connectivity index (χ0v) is 14.7.